The number of aliphatic imine (C=N–C) groups is 1. The molecule has 1 heterocycles. The Hall–Kier alpha value is -1.66. The minimum Gasteiger partial charge on any atom is -0.386 e. The lowest BCUT2D eigenvalue weighted by Gasteiger charge is -2.34. The quantitative estimate of drug-likeness (QED) is 0.552. The smallest absolute Gasteiger partial charge is 0.194 e. The molecule has 0 bridgehead atoms. The van der Waals surface area contributed by atoms with E-state index in [1.807, 2.05) is 6.92 Å². The Labute approximate surface area is 168 Å². The number of likely N-dealkylation sites (tertiary alicyclic amines) is 1. The van der Waals surface area contributed by atoms with E-state index < -0.39 is 11.9 Å². The van der Waals surface area contributed by atoms with Gasteiger partial charge in [-0.3, -0.25) is 4.99 Å². The maximum absolute atomic E-state index is 13.8. The van der Waals surface area contributed by atoms with Crippen molar-refractivity contribution in [3.05, 3.63) is 35.6 Å². The number of piperidine rings is 1. The first-order valence-corrected chi connectivity index (χ1v) is 10.7. The summed E-state index contributed by atoms with van der Waals surface area (Å²) < 4.78 is 20.0. The van der Waals surface area contributed by atoms with Crippen LogP contribution in [-0.4, -0.2) is 54.9 Å². The minimum absolute atomic E-state index is 0.140. The first-order valence-electron chi connectivity index (χ1n) is 10.7. The summed E-state index contributed by atoms with van der Waals surface area (Å²) in [5.74, 6) is 1.15. The fraction of sp³-hybridized carbons (Fsp3) is 0.682. The van der Waals surface area contributed by atoms with Crippen LogP contribution in [0.1, 0.15) is 57.1 Å². The predicted octanol–water partition coefficient (Wildman–Crippen LogP) is 3.50. The molecule has 1 aliphatic carbocycles. The van der Waals surface area contributed by atoms with Gasteiger partial charge < -0.3 is 20.1 Å². The number of hydrogen-bond acceptors (Lipinski definition) is 3. The number of hydrogen-bond donors (Lipinski definition) is 2. The van der Waals surface area contributed by atoms with Crippen molar-refractivity contribution in [3.63, 3.8) is 0 Å². The van der Waals surface area contributed by atoms with E-state index in [0.717, 1.165) is 51.0 Å². The Kier molecular flexibility index (Phi) is 8.10. The van der Waals surface area contributed by atoms with Gasteiger partial charge in [-0.2, -0.15) is 0 Å². The first kappa shape index (κ1) is 21.1. The summed E-state index contributed by atoms with van der Waals surface area (Å²) in [5.41, 5.74) is 0.293. The number of aliphatic hydroxyl groups is 1. The van der Waals surface area contributed by atoms with Crippen LogP contribution in [0, 0.1) is 11.7 Å². The molecule has 1 aliphatic heterocycles. The second-order valence-electron chi connectivity index (χ2n) is 7.90. The van der Waals surface area contributed by atoms with Crippen LogP contribution >= 0.6 is 0 Å². The number of nitrogens with one attached hydrogen (secondary N) is 1. The molecule has 1 saturated heterocycles. The van der Waals surface area contributed by atoms with Crippen LogP contribution in [-0.2, 0) is 4.74 Å². The average Bonchev–Trinajstić information content (AvgIpc) is 3.24. The van der Waals surface area contributed by atoms with Gasteiger partial charge in [0.25, 0.3) is 0 Å². The highest BCUT2D eigenvalue weighted by Gasteiger charge is 2.24. The van der Waals surface area contributed by atoms with E-state index in [9.17, 15) is 9.50 Å². The summed E-state index contributed by atoms with van der Waals surface area (Å²) in [7, 11) is 0. The Morgan fingerprint density at radius 2 is 1.96 bits per heavy atom. The number of rotatable bonds is 7. The van der Waals surface area contributed by atoms with E-state index in [1.54, 1.807) is 18.2 Å². The monoisotopic (exact) mass is 391 g/mol. The third-order valence-corrected chi connectivity index (χ3v) is 5.80. The van der Waals surface area contributed by atoms with Crippen molar-refractivity contribution in [3.8, 4) is 0 Å². The number of benzene rings is 1. The van der Waals surface area contributed by atoms with Crippen LogP contribution in [0.2, 0.25) is 0 Å². The largest absolute Gasteiger partial charge is 0.386 e. The maximum Gasteiger partial charge on any atom is 0.194 e. The molecular formula is C22H34FN3O2. The fourth-order valence-corrected chi connectivity index (χ4v) is 4.13. The molecule has 2 N–H and O–H groups in total. The van der Waals surface area contributed by atoms with Gasteiger partial charge in [0, 0.05) is 31.8 Å². The molecule has 1 aromatic carbocycles. The molecule has 1 aromatic rings. The van der Waals surface area contributed by atoms with Crippen molar-refractivity contribution in [2.24, 2.45) is 10.9 Å². The minimum atomic E-state index is -0.942. The van der Waals surface area contributed by atoms with E-state index in [0.29, 0.717) is 11.7 Å². The lowest BCUT2D eigenvalue weighted by Crippen LogP contribution is -2.47. The highest BCUT2D eigenvalue weighted by Crippen LogP contribution is 2.26. The second kappa shape index (κ2) is 10.8. The zero-order valence-corrected chi connectivity index (χ0v) is 16.9. The molecule has 5 nitrogen and oxygen atoms in total. The van der Waals surface area contributed by atoms with Crippen LogP contribution < -0.4 is 5.32 Å². The van der Waals surface area contributed by atoms with Gasteiger partial charge in [0.2, 0.25) is 0 Å². The predicted molar refractivity (Wildman–Crippen MR) is 110 cm³/mol. The summed E-state index contributed by atoms with van der Waals surface area (Å²) in [6.45, 7) is 5.61. The van der Waals surface area contributed by atoms with Gasteiger partial charge in [-0.1, -0.05) is 31.0 Å². The average molecular weight is 392 g/mol. The second-order valence-corrected chi connectivity index (χ2v) is 7.90. The van der Waals surface area contributed by atoms with Crippen molar-refractivity contribution >= 4 is 5.96 Å². The highest BCUT2D eigenvalue weighted by molar-refractivity contribution is 5.80. The molecular weight excluding hydrogens is 357 g/mol. The summed E-state index contributed by atoms with van der Waals surface area (Å²) in [4.78, 5) is 6.78. The first-order chi connectivity index (χ1) is 13.7. The Bertz CT molecular complexity index is 626. The van der Waals surface area contributed by atoms with Gasteiger partial charge in [0.1, 0.15) is 11.9 Å². The Morgan fingerprint density at radius 3 is 2.64 bits per heavy atom. The van der Waals surface area contributed by atoms with Crippen LogP contribution in [0.15, 0.2) is 29.3 Å². The molecule has 2 aliphatic rings. The maximum atomic E-state index is 13.8. The molecule has 0 aromatic heterocycles. The van der Waals surface area contributed by atoms with Gasteiger partial charge in [-0.05, 0) is 44.6 Å². The van der Waals surface area contributed by atoms with Crippen LogP contribution in [0.25, 0.3) is 0 Å². The normalized spacial score (nSPS) is 20.5. The van der Waals surface area contributed by atoms with Crippen LogP contribution in [0.5, 0.6) is 0 Å². The Balaban J connectivity index is 1.49. The number of ether oxygens (including phenoxy) is 1. The molecule has 2 fully saturated rings. The third-order valence-electron chi connectivity index (χ3n) is 5.80. The zero-order chi connectivity index (χ0) is 19.8. The highest BCUT2D eigenvalue weighted by atomic mass is 19.1. The molecule has 0 radical (unpaired) electrons. The topological polar surface area (TPSA) is 57.1 Å². The van der Waals surface area contributed by atoms with E-state index in [4.69, 9.17) is 4.74 Å². The van der Waals surface area contributed by atoms with Crippen molar-refractivity contribution in [1.82, 2.24) is 10.2 Å². The summed E-state index contributed by atoms with van der Waals surface area (Å²) in [6.07, 6.45) is 6.73. The molecule has 3 rings (SSSR count). The standard InChI is InChI=1S/C22H34FN3O2/c1-2-24-22(25-15-21(27)19-9-5-6-10-20(19)23)26-13-11-18(12-14-26)28-16-17-7-3-4-8-17/h5-6,9-10,17-18,21,27H,2-4,7-8,11-16H2,1H3,(H,24,25). The molecule has 0 amide bonds. The number of aliphatic hydroxyl groups excluding tert-OH is 1. The molecule has 1 atom stereocenters. The van der Waals surface area contributed by atoms with E-state index in [-0.39, 0.29) is 6.54 Å². The number of halogens is 1. The Morgan fingerprint density at radius 1 is 1.25 bits per heavy atom. The lowest BCUT2D eigenvalue weighted by molar-refractivity contribution is 0.000978. The molecule has 6 heteroatoms. The van der Waals surface area contributed by atoms with Gasteiger partial charge >= 0.3 is 0 Å². The van der Waals surface area contributed by atoms with Crippen molar-refractivity contribution in [2.45, 2.75) is 57.7 Å². The van der Waals surface area contributed by atoms with Crippen molar-refractivity contribution in [2.75, 3.05) is 32.8 Å². The SMILES string of the molecule is CCNC(=NCC(O)c1ccccc1F)N1CCC(OCC2CCCC2)CC1. The summed E-state index contributed by atoms with van der Waals surface area (Å²) in [6, 6.07) is 6.32. The third kappa shape index (κ3) is 5.92. The number of guanidine groups is 1. The van der Waals surface area contributed by atoms with Gasteiger partial charge in [0.05, 0.1) is 12.6 Å². The molecule has 156 valence electrons. The zero-order valence-electron chi connectivity index (χ0n) is 16.9. The molecule has 0 spiro atoms. The van der Waals surface area contributed by atoms with Gasteiger partial charge in [-0.25, -0.2) is 4.39 Å². The number of nitrogens with zero attached hydrogens (tertiary/aromatic N) is 2. The molecule has 1 saturated carbocycles. The van der Waals surface area contributed by atoms with Crippen LogP contribution in [0.3, 0.4) is 0 Å². The van der Waals surface area contributed by atoms with E-state index >= 15 is 0 Å². The van der Waals surface area contributed by atoms with Crippen LogP contribution in [0.4, 0.5) is 4.39 Å². The summed E-state index contributed by atoms with van der Waals surface area (Å²) in [5, 5.41) is 13.6. The van der Waals surface area contributed by atoms with E-state index in [2.05, 4.69) is 15.2 Å². The summed E-state index contributed by atoms with van der Waals surface area (Å²) >= 11 is 0. The molecule has 1 unspecified atom stereocenters. The lowest BCUT2D eigenvalue weighted by atomic mass is 10.1. The fourth-order valence-electron chi connectivity index (χ4n) is 4.13. The van der Waals surface area contributed by atoms with Crippen molar-refractivity contribution < 1.29 is 14.2 Å². The van der Waals surface area contributed by atoms with Gasteiger partial charge in [-0.15, -0.1) is 0 Å². The van der Waals surface area contributed by atoms with Crippen molar-refractivity contribution in [1.29, 1.82) is 0 Å². The van der Waals surface area contributed by atoms with Gasteiger partial charge in [0.15, 0.2) is 5.96 Å². The molecule has 28 heavy (non-hydrogen) atoms. The van der Waals surface area contributed by atoms with E-state index in [1.165, 1.54) is 31.7 Å².